The summed E-state index contributed by atoms with van der Waals surface area (Å²) in [6.45, 7) is 4.84. The van der Waals surface area contributed by atoms with Crippen molar-refractivity contribution in [1.82, 2.24) is 20.1 Å². The Morgan fingerprint density at radius 3 is 2.88 bits per heavy atom. The summed E-state index contributed by atoms with van der Waals surface area (Å²) in [5.41, 5.74) is 3.07. The van der Waals surface area contributed by atoms with Crippen LogP contribution in [0.1, 0.15) is 36.8 Å². The summed E-state index contributed by atoms with van der Waals surface area (Å²) < 4.78 is 2.13. The smallest absolute Gasteiger partial charge is 0.318 e. The van der Waals surface area contributed by atoms with E-state index in [-0.39, 0.29) is 6.03 Å². The largest absolute Gasteiger partial charge is 0.341 e. The number of aromatic nitrogens is 1. The van der Waals surface area contributed by atoms with Crippen molar-refractivity contribution in [3.05, 3.63) is 35.5 Å². The summed E-state index contributed by atoms with van der Waals surface area (Å²) in [5.74, 6) is 0.591. The highest BCUT2D eigenvalue weighted by atomic mass is 16.2. The molecule has 0 spiro atoms. The molecular weight excluding hydrogens is 314 g/mol. The summed E-state index contributed by atoms with van der Waals surface area (Å²) >= 11 is 0. The van der Waals surface area contributed by atoms with E-state index in [0.29, 0.717) is 24.7 Å². The Bertz CT molecular complexity index is 800. The molecular formula is C19H25N5O. The second kappa shape index (κ2) is 7.58. The average Bonchev–Trinajstić information content (AvgIpc) is 3.42. The zero-order valence-corrected chi connectivity index (χ0v) is 14.9. The topological polar surface area (TPSA) is 73.1 Å². The van der Waals surface area contributed by atoms with E-state index in [9.17, 15) is 10.1 Å². The molecule has 6 heteroatoms. The van der Waals surface area contributed by atoms with Crippen molar-refractivity contribution in [2.24, 2.45) is 0 Å². The van der Waals surface area contributed by atoms with Crippen LogP contribution in [0.4, 0.5) is 4.79 Å². The standard InChI is InChI=1S/C19H25N5O/c1-3-22-8-9-23(19(25)21-2)13-24-12-17(15-5-6-15)16-10-14(11-20)4-7-18(16)24/h4,7,10,12,15,22H,3,5-6,8-9,13H2,1-2H3,(H,21,25). The number of nitrogens with zero attached hydrogens (tertiary/aromatic N) is 3. The van der Waals surface area contributed by atoms with Gasteiger partial charge in [-0.3, -0.25) is 0 Å². The van der Waals surface area contributed by atoms with Crippen molar-refractivity contribution >= 4 is 16.9 Å². The number of urea groups is 1. The molecule has 2 aromatic rings. The molecule has 1 heterocycles. The van der Waals surface area contributed by atoms with E-state index >= 15 is 0 Å². The highest BCUT2D eigenvalue weighted by molar-refractivity contribution is 5.86. The lowest BCUT2D eigenvalue weighted by Crippen LogP contribution is -2.42. The summed E-state index contributed by atoms with van der Waals surface area (Å²) in [6, 6.07) is 7.96. The third-order valence-corrected chi connectivity index (χ3v) is 4.69. The average molecular weight is 339 g/mol. The number of carbonyl (C=O) groups excluding carboxylic acids is 1. The van der Waals surface area contributed by atoms with Crippen molar-refractivity contribution in [2.75, 3.05) is 26.7 Å². The Kier molecular flexibility index (Phi) is 5.25. The molecule has 1 aliphatic carbocycles. The summed E-state index contributed by atoms with van der Waals surface area (Å²) in [7, 11) is 1.66. The molecule has 6 nitrogen and oxygen atoms in total. The molecule has 0 aliphatic heterocycles. The predicted octanol–water partition coefficient (Wildman–Crippen LogP) is 2.60. The Labute approximate surface area is 148 Å². The fraction of sp³-hybridized carbons (Fsp3) is 0.474. The Balaban J connectivity index is 1.91. The van der Waals surface area contributed by atoms with Crippen molar-refractivity contribution in [2.45, 2.75) is 32.4 Å². The minimum Gasteiger partial charge on any atom is -0.341 e. The van der Waals surface area contributed by atoms with E-state index in [1.54, 1.807) is 11.9 Å². The third-order valence-electron chi connectivity index (χ3n) is 4.69. The lowest BCUT2D eigenvalue weighted by Gasteiger charge is -2.23. The van der Waals surface area contributed by atoms with E-state index in [1.165, 1.54) is 18.4 Å². The van der Waals surface area contributed by atoms with Crippen LogP contribution in [-0.4, -0.2) is 42.2 Å². The van der Waals surface area contributed by atoms with E-state index < -0.39 is 0 Å². The first-order valence-corrected chi connectivity index (χ1v) is 8.88. The van der Waals surface area contributed by atoms with Crippen LogP contribution < -0.4 is 10.6 Å². The van der Waals surface area contributed by atoms with Crippen LogP contribution in [-0.2, 0) is 6.67 Å². The van der Waals surface area contributed by atoms with Crippen LogP contribution >= 0.6 is 0 Å². The van der Waals surface area contributed by atoms with Gasteiger partial charge in [0.15, 0.2) is 0 Å². The van der Waals surface area contributed by atoms with Gasteiger partial charge in [0, 0.05) is 37.2 Å². The van der Waals surface area contributed by atoms with Gasteiger partial charge in [0.05, 0.1) is 18.3 Å². The van der Waals surface area contributed by atoms with Gasteiger partial charge in [-0.05, 0) is 49.1 Å². The monoisotopic (exact) mass is 339 g/mol. The van der Waals surface area contributed by atoms with E-state index in [4.69, 9.17) is 0 Å². The molecule has 0 saturated heterocycles. The molecule has 1 aliphatic rings. The number of likely N-dealkylation sites (N-methyl/N-ethyl adjacent to an activating group) is 1. The summed E-state index contributed by atoms with van der Waals surface area (Å²) in [4.78, 5) is 14.0. The van der Waals surface area contributed by atoms with E-state index in [1.807, 2.05) is 18.2 Å². The van der Waals surface area contributed by atoms with Gasteiger partial charge in [0.1, 0.15) is 0 Å². The van der Waals surface area contributed by atoms with Crippen molar-refractivity contribution < 1.29 is 4.79 Å². The van der Waals surface area contributed by atoms with Gasteiger partial charge < -0.3 is 20.1 Å². The zero-order valence-electron chi connectivity index (χ0n) is 14.9. The molecule has 25 heavy (non-hydrogen) atoms. The van der Waals surface area contributed by atoms with Gasteiger partial charge in [-0.15, -0.1) is 0 Å². The number of fused-ring (bicyclic) bond motifs is 1. The normalized spacial score (nSPS) is 13.6. The maximum Gasteiger partial charge on any atom is 0.318 e. The number of nitrogens with one attached hydrogen (secondary N) is 2. The van der Waals surface area contributed by atoms with Crippen molar-refractivity contribution in [3.8, 4) is 6.07 Å². The van der Waals surface area contributed by atoms with Gasteiger partial charge in [-0.2, -0.15) is 5.26 Å². The van der Waals surface area contributed by atoms with Crippen molar-refractivity contribution in [1.29, 1.82) is 5.26 Å². The molecule has 2 N–H and O–H groups in total. The first-order valence-electron chi connectivity index (χ1n) is 8.88. The molecule has 0 unspecified atom stereocenters. The van der Waals surface area contributed by atoms with Gasteiger partial charge in [-0.1, -0.05) is 6.92 Å². The molecule has 1 aromatic carbocycles. The maximum absolute atomic E-state index is 12.2. The lowest BCUT2D eigenvalue weighted by atomic mass is 10.1. The van der Waals surface area contributed by atoms with E-state index in [0.717, 1.165) is 24.0 Å². The van der Waals surface area contributed by atoms with Gasteiger partial charge in [0.2, 0.25) is 0 Å². The van der Waals surface area contributed by atoms with Gasteiger partial charge in [0.25, 0.3) is 0 Å². The predicted molar refractivity (Wildman–Crippen MR) is 98.3 cm³/mol. The second-order valence-electron chi connectivity index (χ2n) is 6.49. The Morgan fingerprint density at radius 1 is 1.44 bits per heavy atom. The van der Waals surface area contributed by atoms with Crippen molar-refractivity contribution in [3.63, 3.8) is 0 Å². The van der Waals surface area contributed by atoms with Gasteiger partial charge >= 0.3 is 6.03 Å². The molecule has 3 rings (SSSR count). The molecule has 1 saturated carbocycles. The van der Waals surface area contributed by atoms with Crippen LogP contribution in [0.25, 0.3) is 10.9 Å². The molecule has 0 atom stereocenters. The third kappa shape index (κ3) is 3.77. The molecule has 1 fully saturated rings. The van der Waals surface area contributed by atoms with Crippen LogP contribution in [0.3, 0.4) is 0 Å². The summed E-state index contributed by atoms with van der Waals surface area (Å²) in [5, 5.41) is 16.3. The molecule has 0 radical (unpaired) electrons. The lowest BCUT2D eigenvalue weighted by molar-refractivity contribution is 0.185. The number of amides is 2. The highest BCUT2D eigenvalue weighted by Gasteiger charge is 2.28. The van der Waals surface area contributed by atoms with Crippen LogP contribution in [0.5, 0.6) is 0 Å². The number of nitriles is 1. The molecule has 132 valence electrons. The minimum atomic E-state index is -0.0821. The quantitative estimate of drug-likeness (QED) is 0.762. The molecule has 2 amide bonds. The van der Waals surface area contributed by atoms with Crippen LogP contribution in [0.2, 0.25) is 0 Å². The number of benzene rings is 1. The van der Waals surface area contributed by atoms with Gasteiger partial charge in [-0.25, -0.2) is 4.79 Å². The first-order chi connectivity index (χ1) is 12.2. The van der Waals surface area contributed by atoms with E-state index in [2.05, 4.69) is 34.4 Å². The Morgan fingerprint density at radius 2 is 2.24 bits per heavy atom. The number of carbonyl (C=O) groups is 1. The maximum atomic E-state index is 12.2. The number of hydrogen-bond donors (Lipinski definition) is 2. The number of rotatable bonds is 7. The van der Waals surface area contributed by atoms with Crippen LogP contribution in [0.15, 0.2) is 24.4 Å². The second-order valence-corrected chi connectivity index (χ2v) is 6.49. The Hall–Kier alpha value is -2.52. The molecule has 0 bridgehead atoms. The first kappa shape index (κ1) is 17.3. The SMILES string of the molecule is CCNCCN(Cn1cc(C2CC2)c2cc(C#N)ccc21)C(=O)NC. The minimum absolute atomic E-state index is 0.0821. The molecule has 1 aromatic heterocycles. The highest BCUT2D eigenvalue weighted by Crippen LogP contribution is 2.44. The van der Waals surface area contributed by atoms with Crippen LogP contribution in [0, 0.1) is 11.3 Å². The summed E-state index contributed by atoms with van der Waals surface area (Å²) in [6.07, 6.45) is 4.57. The fourth-order valence-corrected chi connectivity index (χ4v) is 3.20. The fourth-order valence-electron chi connectivity index (χ4n) is 3.20. The zero-order chi connectivity index (χ0) is 17.8. The number of hydrogen-bond acceptors (Lipinski definition) is 3.